The smallest absolute Gasteiger partial charge is 0.265 e. The molecular weight excluding hydrogens is 322 g/mol. The molecule has 2 aromatic rings. The van der Waals surface area contributed by atoms with Gasteiger partial charge in [0.25, 0.3) is 5.89 Å². The fraction of sp³-hybridized carbons (Fsp3) is 0.706. The van der Waals surface area contributed by atoms with Crippen LogP contribution in [0, 0.1) is 6.92 Å². The number of hydrogen-bond acceptors (Lipinski definition) is 7. The first kappa shape index (κ1) is 17.9. The second-order valence-corrected chi connectivity index (χ2v) is 6.22. The topological polar surface area (TPSA) is 78.4 Å². The number of oxazole rings is 1. The number of aromatic nitrogens is 4. The minimum absolute atomic E-state index is 0.333. The van der Waals surface area contributed by atoms with Crippen molar-refractivity contribution in [2.24, 2.45) is 0 Å². The van der Waals surface area contributed by atoms with E-state index < -0.39 is 0 Å². The lowest BCUT2D eigenvalue weighted by Crippen LogP contribution is -2.38. The average Bonchev–Trinajstić information content (AvgIpc) is 3.25. The van der Waals surface area contributed by atoms with Gasteiger partial charge >= 0.3 is 0 Å². The summed E-state index contributed by atoms with van der Waals surface area (Å²) in [5, 5.41) is 8.79. The van der Waals surface area contributed by atoms with E-state index in [1.165, 1.54) is 0 Å². The summed E-state index contributed by atoms with van der Waals surface area (Å²) in [4.78, 5) is 6.58. The average molecular weight is 349 g/mol. The molecule has 0 radical (unpaired) electrons. The Kier molecular flexibility index (Phi) is 6.04. The largest absolute Gasteiger partial charge is 0.439 e. The summed E-state index contributed by atoms with van der Waals surface area (Å²) in [6.45, 7) is 7.91. The molecule has 0 unspecified atom stereocenters. The van der Waals surface area contributed by atoms with Gasteiger partial charge < -0.3 is 18.8 Å². The maximum absolute atomic E-state index is 5.67. The van der Waals surface area contributed by atoms with E-state index in [1.807, 2.05) is 13.8 Å². The van der Waals surface area contributed by atoms with Gasteiger partial charge in [-0.1, -0.05) is 0 Å². The standard InChI is InChI=1S/C17H27N5O3/c1-4-24-11-5-8-22-15(16-18-12-13(2)25-16)19-20-17(22)21-9-6-14(23-3)7-10-21/h12,14H,4-11H2,1-3H3. The number of anilines is 1. The molecule has 138 valence electrons. The first-order valence-corrected chi connectivity index (χ1v) is 8.94. The van der Waals surface area contributed by atoms with Gasteiger partial charge in [-0.2, -0.15) is 0 Å². The van der Waals surface area contributed by atoms with Crippen LogP contribution < -0.4 is 4.90 Å². The molecule has 2 aromatic heterocycles. The maximum atomic E-state index is 5.67. The highest BCUT2D eigenvalue weighted by Crippen LogP contribution is 2.25. The molecule has 25 heavy (non-hydrogen) atoms. The van der Waals surface area contributed by atoms with Crippen LogP contribution in [-0.2, 0) is 16.0 Å². The fourth-order valence-electron chi connectivity index (χ4n) is 3.11. The molecule has 1 saturated heterocycles. The van der Waals surface area contributed by atoms with E-state index in [1.54, 1.807) is 13.3 Å². The van der Waals surface area contributed by atoms with Crippen LogP contribution in [0.2, 0.25) is 0 Å². The van der Waals surface area contributed by atoms with Gasteiger partial charge in [0, 0.05) is 40.0 Å². The van der Waals surface area contributed by atoms with Crippen molar-refractivity contribution in [1.82, 2.24) is 19.7 Å². The lowest BCUT2D eigenvalue weighted by Gasteiger charge is -2.31. The van der Waals surface area contributed by atoms with Crippen molar-refractivity contribution in [3.05, 3.63) is 12.0 Å². The van der Waals surface area contributed by atoms with Gasteiger partial charge in [-0.3, -0.25) is 4.57 Å². The molecule has 1 fully saturated rings. The molecule has 0 bridgehead atoms. The highest BCUT2D eigenvalue weighted by Gasteiger charge is 2.25. The van der Waals surface area contributed by atoms with Crippen LogP contribution in [0.15, 0.2) is 10.6 Å². The first-order chi connectivity index (χ1) is 12.2. The zero-order valence-electron chi connectivity index (χ0n) is 15.3. The van der Waals surface area contributed by atoms with Crippen LogP contribution >= 0.6 is 0 Å². The predicted molar refractivity (Wildman–Crippen MR) is 93.6 cm³/mol. The van der Waals surface area contributed by atoms with E-state index in [2.05, 4.69) is 24.6 Å². The number of aryl methyl sites for hydroxylation is 1. The molecular formula is C17H27N5O3. The lowest BCUT2D eigenvalue weighted by atomic mass is 10.1. The number of nitrogens with zero attached hydrogens (tertiary/aromatic N) is 5. The van der Waals surface area contributed by atoms with Crippen molar-refractivity contribution >= 4 is 5.95 Å². The molecule has 3 rings (SSSR count). The van der Waals surface area contributed by atoms with E-state index in [0.717, 1.165) is 57.2 Å². The van der Waals surface area contributed by atoms with Crippen LogP contribution in [0.5, 0.6) is 0 Å². The van der Waals surface area contributed by atoms with Crippen molar-refractivity contribution in [3.63, 3.8) is 0 Å². The van der Waals surface area contributed by atoms with Crippen LogP contribution in [0.4, 0.5) is 5.95 Å². The van der Waals surface area contributed by atoms with Gasteiger partial charge in [0.05, 0.1) is 12.3 Å². The van der Waals surface area contributed by atoms with Gasteiger partial charge in [0.1, 0.15) is 5.76 Å². The Balaban J connectivity index is 1.80. The quantitative estimate of drug-likeness (QED) is 0.677. The molecule has 0 aliphatic carbocycles. The van der Waals surface area contributed by atoms with Crippen molar-refractivity contribution in [2.45, 2.75) is 45.8 Å². The zero-order valence-corrected chi connectivity index (χ0v) is 15.3. The Hall–Kier alpha value is -1.93. The highest BCUT2D eigenvalue weighted by atomic mass is 16.5. The summed E-state index contributed by atoms with van der Waals surface area (Å²) < 4.78 is 18.7. The van der Waals surface area contributed by atoms with Gasteiger partial charge in [-0.05, 0) is 33.1 Å². The molecule has 1 aliphatic heterocycles. The van der Waals surface area contributed by atoms with E-state index in [0.29, 0.717) is 24.4 Å². The Morgan fingerprint density at radius 3 is 2.72 bits per heavy atom. The molecule has 3 heterocycles. The minimum atomic E-state index is 0.333. The molecule has 0 aromatic carbocycles. The molecule has 8 nitrogen and oxygen atoms in total. The third kappa shape index (κ3) is 4.19. The molecule has 0 atom stereocenters. The van der Waals surface area contributed by atoms with E-state index in [-0.39, 0.29) is 0 Å². The van der Waals surface area contributed by atoms with Crippen LogP contribution in [-0.4, -0.2) is 59.3 Å². The molecule has 0 saturated carbocycles. The van der Waals surface area contributed by atoms with Gasteiger partial charge in [-0.25, -0.2) is 4.98 Å². The molecule has 8 heteroatoms. The Labute approximate surface area is 148 Å². The summed E-state index contributed by atoms with van der Waals surface area (Å²) in [5.74, 6) is 2.83. The monoisotopic (exact) mass is 349 g/mol. The highest BCUT2D eigenvalue weighted by molar-refractivity contribution is 5.47. The predicted octanol–water partition coefficient (Wildman–Crippen LogP) is 2.28. The van der Waals surface area contributed by atoms with Gasteiger partial charge in [-0.15, -0.1) is 10.2 Å². The van der Waals surface area contributed by atoms with E-state index in [9.17, 15) is 0 Å². The van der Waals surface area contributed by atoms with Crippen molar-refractivity contribution < 1.29 is 13.9 Å². The van der Waals surface area contributed by atoms with Crippen LogP contribution in [0.1, 0.15) is 31.9 Å². The zero-order chi connectivity index (χ0) is 17.6. The Morgan fingerprint density at radius 2 is 2.08 bits per heavy atom. The number of ether oxygens (including phenoxy) is 2. The third-order valence-electron chi connectivity index (χ3n) is 4.48. The lowest BCUT2D eigenvalue weighted by molar-refractivity contribution is 0.0815. The second-order valence-electron chi connectivity index (χ2n) is 6.22. The first-order valence-electron chi connectivity index (χ1n) is 8.94. The Morgan fingerprint density at radius 1 is 1.28 bits per heavy atom. The molecule has 1 aliphatic rings. The molecule has 0 amide bonds. The van der Waals surface area contributed by atoms with Crippen LogP contribution in [0.3, 0.4) is 0 Å². The van der Waals surface area contributed by atoms with E-state index >= 15 is 0 Å². The van der Waals surface area contributed by atoms with Crippen molar-refractivity contribution in [2.75, 3.05) is 38.3 Å². The number of hydrogen-bond donors (Lipinski definition) is 0. The van der Waals surface area contributed by atoms with Crippen molar-refractivity contribution in [3.8, 4) is 11.7 Å². The summed E-state index contributed by atoms with van der Waals surface area (Å²) in [6.07, 6.45) is 4.92. The second kappa shape index (κ2) is 8.44. The maximum Gasteiger partial charge on any atom is 0.265 e. The number of methoxy groups -OCH3 is 1. The SMILES string of the molecule is CCOCCCn1c(-c2ncc(C)o2)nnc1N1CCC(OC)CC1. The summed E-state index contributed by atoms with van der Waals surface area (Å²) in [6, 6.07) is 0. The van der Waals surface area contributed by atoms with Gasteiger partial charge in [0.2, 0.25) is 11.8 Å². The summed E-state index contributed by atoms with van der Waals surface area (Å²) >= 11 is 0. The fourth-order valence-corrected chi connectivity index (χ4v) is 3.11. The van der Waals surface area contributed by atoms with E-state index in [4.69, 9.17) is 13.9 Å². The molecule has 0 N–H and O–H groups in total. The molecule has 0 spiro atoms. The van der Waals surface area contributed by atoms with Crippen molar-refractivity contribution in [1.29, 1.82) is 0 Å². The summed E-state index contributed by atoms with van der Waals surface area (Å²) in [7, 11) is 1.78. The number of rotatable bonds is 8. The number of piperidine rings is 1. The minimum Gasteiger partial charge on any atom is -0.439 e. The van der Waals surface area contributed by atoms with Gasteiger partial charge in [0.15, 0.2) is 0 Å². The normalized spacial score (nSPS) is 15.9. The summed E-state index contributed by atoms with van der Waals surface area (Å²) in [5.41, 5.74) is 0. The Bertz CT molecular complexity index is 661. The van der Waals surface area contributed by atoms with Crippen LogP contribution in [0.25, 0.3) is 11.7 Å². The third-order valence-corrected chi connectivity index (χ3v) is 4.48.